The Labute approximate surface area is 197 Å². The zero-order chi connectivity index (χ0) is 24.2. The molecule has 0 spiro atoms. The fourth-order valence-electron chi connectivity index (χ4n) is 3.97. The van der Waals surface area contributed by atoms with E-state index in [2.05, 4.69) is 0 Å². The lowest BCUT2D eigenvalue weighted by atomic mass is 9.93. The Hall–Kier alpha value is -4.16. The van der Waals surface area contributed by atoms with Crippen LogP contribution in [0.1, 0.15) is 27.8 Å². The lowest BCUT2D eigenvalue weighted by Gasteiger charge is -2.16. The maximum absolute atomic E-state index is 10.7. The number of rotatable bonds is 7. The second-order valence-electron chi connectivity index (χ2n) is 8.17. The molecule has 0 aliphatic carbocycles. The second kappa shape index (κ2) is 9.77. The van der Waals surface area contributed by atoms with E-state index in [1.54, 1.807) is 60.7 Å². The van der Waals surface area contributed by atoms with Crippen molar-refractivity contribution in [2.75, 3.05) is 7.11 Å². The van der Waals surface area contributed by atoms with Gasteiger partial charge in [0.25, 0.3) is 0 Å². The minimum absolute atomic E-state index is 0.0226. The second-order valence-corrected chi connectivity index (χ2v) is 8.17. The summed E-state index contributed by atoms with van der Waals surface area (Å²) in [5, 5.41) is 50.4. The van der Waals surface area contributed by atoms with Crippen LogP contribution >= 0.6 is 0 Å². The number of benzene rings is 4. The molecule has 174 valence electrons. The van der Waals surface area contributed by atoms with Crippen molar-refractivity contribution in [2.24, 2.45) is 0 Å². The van der Waals surface area contributed by atoms with E-state index >= 15 is 0 Å². The molecule has 0 saturated heterocycles. The molecule has 4 aromatic carbocycles. The highest BCUT2D eigenvalue weighted by molar-refractivity contribution is 5.72. The normalized spacial score (nSPS) is 10.9. The minimum atomic E-state index is -0.335. The monoisotopic (exact) mass is 458 g/mol. The summed E-state index contributed by atoms with van der Waals surface area (Å²) in [5.74, 6) is 0.695. The topological polar surface area (TPSA) is 110 Å². The Morgan fingerprint density at radius 1 is 0.588 bits per heavy atom. The van der Waals surface area contributed by atoms with Crippen molar-refractivity contribution in [3.05, 3.63) is 101 Å². The van der Waals surface area contributed by atoms with Gasteiger partial charge in [0.05, 0.1) is 13.7 Å². The van der Waals surface area contributed by atoms with Crippen molar-refractivity contribution >= 4 is 0 Å². The van der Waals surface area contributed by atoms with E-state index in [4.69, 9.17) is 4.74 Å². The number of phenolic OH excluding ortho intramolecular Hbond substituents is 3. The summed E-state index contributed by atoms with van der Waals surface area (Å²) in [6.45, 7) is -0.335. The Bertz CT molecular complexity index is 1190. The van der Waals surface area contributed by atoms with Crippen LogP contribution < -0.4 is 4.74 Å². The number of methoxy groups -OCH3 is 1. The number of aliphatic hydroxyl groups excluding tert-OH is 1. The van der Waals surface area contributed by atoms with Crippen LogP contribution in [-0.4, -0.2) is 32.6 Å². The predicted molar refractivity (Wildman–Crippen MR) is 130 cm³/mol. The molecule has 0 radical (unpaired) electrons. The minimum Gasteiger partial charge on any atom is -0.508 e. The summed E-state index contributed by atoms with van der Waals surface area (Å²) in [6, 6.07) is 20.6. The van der Waals surface area contributed by atoms with Gasteiger partial charge in [-0.25, -0.2) is 0 Å². The summed E-state index contributed by atoms with van der Waals surface area (Å²) < 4.78 is 5.41. The van der Waals surface area contributed by atoms with E-state index in [0.717, 1.165) is 22.3 Å². The smallest absolute Gasteiger partial charge is 0.161 e. The van der Waals surface area contributed by atoms with Gasteiger partial charge in [0.1, 0.15) is 17.2 Å². The molecule has 0 aliphatic rings. The molecule has 34 heavy (non-hydrogen) atoms. The quantitative estimate of drug-likeness (QED) is 0.271. The maximum Gasteiger partial charge on any atom is 0.161 e. The van der Waals surface area contributed by atoms with Crippen LogP contribution in [0.15, 0.2) is 72.8 Å². The molecule has 0 saturated carbocycles. The van der Waals surface area contributed by atoms with Crippen molar-refractivity contribution in [1.29, 1.82) is 0 Å². The largest absolute Gasteiger partial charge is 0.508 e. The molecule has 0 unspecified atom stereocenters. The first-order valence-corrected chi connectivity index (χ1v) is 10.8. The van der Waals surface area contributed by atoms with Gasteiger partial charge >= 0.3 is 0 Å². The fraction of sp³-hybridized carbons (Fsp3) is 0.143. The molecule has 6 nitrogen and oxygen atoms in total. The molecule has 0 aliphatic heterocycles. The van der Waals surface area contributed by atoms with E-state index in [9.17, 15) is 25.5 Å². The Morgan fingerprint density at radius 2 is 1.03 bits per heavy atom. The standard InChI is InChI=1S/C28H26O6/c1-34-26-15-20(13-22(28(26)33)11-18-4-8-25(31)9-5-18)19-12-21(27(32)23(14-19)16-29)10-17-2-6-24(30)7-3-17/h2-9,12-15,29-33H,10-11,16H2,1H3. The highest BCUT2D eigenvalue weighted by Crippen LogP contribution is 2.39. The van der Waals surface area contributed by atoms with E-state index < -0.39 is 0 Å². The van der Waals surface area contributed by atoms with E-state index in [1.165, 1.54) is 7.11 Å². The van der Waals surface area contributed by atoms with Gasteiger partial charge in [-0.05, 0) is 76.3 Å². The molecule has 0 heterocycles. The molecule has 0 atom stereocenters. The molecule has 4 aromatic rings. The Balaban J connectivity index is 1.77. The highest BCUT2D eigenvalue weighted by Gasteiger charge is 2.16. The molecule has 5 N–H and O–H groups in total. The molecule has 0 bridgehead atoms. The van der Waals surface area contributed by atoms with Crippen LogP contribution in [0.2, 0.25) is 0 Å². The lowest BCUT2D eigenvalue weighted by molar-refractivity contribution is 0.275. The number of phenols is 4. The van der Waals surface area contributed by atoms with E-state index in [0.29, 0.717) is 35.3 Å². The van der Waals surface area contributed by atoms with Crippen LogP contribution in [0.4, 0.5) is 0 Å². The summed E-state index contributed by atoms with van der Waals surface area (Å²) in [5.41, 5.74) is 4.95. The number of aliphatic hydroxyl groups is 1. The first kappa shape index (κ1) is 23.0. The average molecular weight is 459 g/mol. The zero-order valence-corrected chi connectivity index (χ0v) is 18.7. The predicted octanol–water partition coefficient (Wildman–Crippen LogP) is 4.86. The van der Waals surface area contributed by atoms with Gasteiger partial charge in [-0.15, -0.1) is 0 Å². The molecule has 4 rings (SSSR count). The van der Waals surface area contributed by atoms with Crippen LogP contribution in [0, 0.1) is 0 Å². The van der Waals surface area contributed by atoms with Crippen molar-refractivity contribution < 1.29 is 30.3 Å². The van der Waals surface area contributed by atoms with Crippen LogP contribution in [0.5, 0.6) is 28.7 Å². The SMILES string of the molecule is COc1cc(-c2cc(CO)c(O)c(Cc3ccc(O)cc3)c2)cc(Cc2ccc(O)cc2)c1O. The van der Waals surface area contributed by atoms with Crippen LogP contribution in [-0.2, 0) is 19.4 Å². The van der Waals surface area contributed by atoms with Gasteiger partial charge in [0.2, 0.25) is 0 Å². The summed E-state index contributed by atoms with van der Waals surface area (Å²) in [7, 11) is 1.48. The number of hydrogen-bond donors (Lipinski definition) is 5. The van der Waals surface area contributed by atoms with Gasteiger partial charge < -0.3 is 30.3 Å². The van der Waals surface area contributed by atoms with Crippen molar-refractivity contribution in [1.82, 2.24) is 0 Å². The zero-order valence-electron chi connectivity index (χ0n) is 18.7. The van der Waals surface area contributed by atoms with Crippen molar-refractivity contribution in [2.45, 2.75) is 19.4 Å². The molecular formula is C28H26O6. The number of aromatic hydroxyl groups is 4. The van der Waals surface area contributed by atoms with Gasteiger partial charge in [-0.2, -0.15) is 0 Å². The van der Waals surface area contributed by atoms with E-state index in [-0.39, 0.29) is 29.6 Å². The molecular weight excluding hydrogens is 432 g/mol. The summed E-state index contributed by atoms with van der Waals surface area (Å²) >= 11 is 0. The number of ether oxygens (including phenoxy) is 1. The van der Waals surface area contributed by atoms with Gasteiger partial charge in [-0.3, -0.25) is 0 Å². The summed E-state index contributed by atoms with van der Waals surface area (Å²) in [6.07, 6.45) is 0.824. The molecule has 6 heteroatoms. The number of hydrogen-bond acceptors (Lipinski definition) is 6. The molecule has 0 fully saturated rings. The van der Waals surface area contributed by atoms with E-state index in [1.807, 2.05) is 12.1 Å². The summed E-state index contributed by atoms with van der Waals surface area (Å²) in [4.78, 5) is 0. The van der Waals surface area contributed by atoms with Crippen LogP contribution in [0.25, 0.3) is 11.1 Å². The lowest BCUT2D eigenvalue weighted by Crippen LogP contribution is -1.97. The van der Waals surface area contributed by atoms with Crippen LogP contribution in [0.3, 0.4) is 0 Å². The van der Waals surface area contributed by atoms with Gasteiger partial charge in [0, 0.05) is 24.0 Å². The molecule has 0 amide bonds. The van der Waals surface area contributed by atoms with Crippen molar-refractivity contribution in [3.63, 3.8) is 0 Å². The first-order chi connectivity index (χ1) is 16.4. The Kier molecular flexibility index (Phi) is 6.61. The third kappa shape index (κ3) is 4.92. The maximum atomic E-state index is 10.7. The highest BCUT2D eigenvalue weighted by atomic mass is 16.5. The van der Waals surface area contributed by atoms with Gasteiger partial charge in [-0.1, -0.05) is 24.3 Å². The first-order valence-electron chi connectivity index (χ1n) is 10.8. The third-order valence-corrected chi connectivity index (χ3v) is 5.81. The van der Waals surface area contributed by atoms with Gasteiger partial charge in [0.15, 0.2) is 11.5 Å². The van der Waals surface area contributed by atoms with Crippen molar-refractivity contribution in [3.8, 4) is 39.9 Å². The third-order valence-electron chi connectivity index (χ3n) is 5.81. The fourth-order valence-corrected chi connectivity index (χ4v) is 3.97. The Morgan fingerprint density at radius 3 is 1.50 bits per heavy atom. The average Bonchev–Trinajstić information content (AvgIpc) is 2.84. The molecule has 0 aromatic heterocycles.